The lowest BCUT2D eigenvalue weighted by molar-refractivity contribution is 0.0953. The summed E-state index contributed by atoms with van der Waals surface area (Å²) in [5.74, 6) is -0.0724. The predicted molar refractivity (Wildman–Crippen MR) is 89.2 cm³/mol. The minimum Gasteiger partial charge on any atom is -0.352 e. The van der Waals surface area contributed by atoms with Gasteiger partial charge in [0.2, 0.25) is 0 Å². The van der Waals surface area contributed by atoms with Crippen molar-refractivity contribution in [2.75, 3.05) is 6.54 Å². The first-order valence-corrected chi connectivity index (χ1v) is 8.09. The van der Waals surface area contributed by atoms with Crippen LogP contribution in [0.4, 0.5) is 0 Å². The largest absolute Gasteiger partial charge is 0.352 e. The van der Waals surface area contributed by atoms with Crippen LogP contribution in [0.1, 0.15) is 27.5 Å². The van der Waals surface area contributed by atoms with Gasteiger partial charge in [0.1, 0.15) is 0 Å². The normalized spacial score (nSPS) is 10.8. The fourth-order valence-corrected chi connectivity index (χ4v) is 3.18. The predicted octanol–water partition coefficient (Wildman–Crippen LogP) is 3.36. The number of nitrogens with zero attached hydrogens (tertiary/aromatic N) is 2. The molecule has 0 bridgehead atoms. The molecule has 0 aliphatic heterocycles. The summed E-state index contributed by atoms with van der Waals surface area (Å²) in [6.07, 6.45) is 3.37. The fourth-order valence-electron chi connectivity index (χ4n) is 2.17. The number of carbonyl (C=O) groups is 1. The Morgan fingerprint density at radius 2 is 2.09 bits per heavy atom. The van der Waals surface area contributed by atoms with Gasteiger partial charge in [-0.3, -0.25) is 9.78 Å². The van der Waals surface area contributed by atoms with Gasteiger partial charge in [0.15, 0.2) is 0 Å². The molecule has 0 aliphatic carbocycles. The molecule has 1 amide bonds. The molecule has 4 nitrogen and oxygen atoms in total. The Kier molecular flexibility index (Phi) is 4.44. The first kappa shape index (κ1) is 14.7. The third kappa shape index (κ3) is 3.49. The van der Waals surface area contributed by atoms with Crippen molar-refractivity contribution in [1.29, 1.82) is 0 Å². The molecule has 2 aromatic heterocycles. The van der Waals surface area contributed by atoms with Crippen LogP contribution in [0.3, 0.4) is 0 Å². The number of carbonyl (C=O) groups excluding carboxylic acids is 1. The van der Waals surface area contributed by atoms with Gasteiger partial charge in [-0.25, -0.2) is 4.98 Å². The number of rotatable bonds is 5. The second kappa shape index (κ2) is 6.66. The fraction of sp³-hybridized carbons (Fsp3) is 0.235. The van der Waals surface area contributed by atoms with Crippen LogP contribution >= 0.6 is 11.3 Å². The molecule has 3 rings (SSSR count). The Balaban J connectivity index is 1.49. The van der Waals surface area contributed by atoms with Crippen molar-refractivity contribution in [3.05, 3.63) is 58.9 Å². The second-order valence-corrected chi connectivity index (χ2v) is 6.24. The number of benzene rings is 1. The van der Waals surface area contributed by atoms with Crippen LogP contribution in [0, 0.1) is 6.92 Å². The zero-order valence-corrected chi connectivity index (χ0v) is 13.2. The molecule has 0 atom stereocenters. The molecule has 0 unspecified atom stereocenters. The third-order valence-electron chi connectivity index (χ3n) is 3.36. The van der Waals surface area contributed by atoms with E-state index in [4.69, 9.17) is 0 Å². The number of para-hydroxylation sites is 1. The highest BCUT2D eigenvalue weighted by atomic mass is 32.1. The minimum absolute atomic E-state index is 0.0724. The maximum absolute atomic E-state index is 11.9. The second-order valence-electron chi connectivity index (χ2n) is 5.12. The zero-order valence-electron chi connectivity index (χ0n) is 12.4. The molecule has 5 heteroatoms. The summed E-state index contributed by atoms with van der Waals surface area (Å²) in [7, 11) is 0. The van der Waals surface area contributed by atoms with E-state index in [1.165, 1.54) is 4.70 Å². The SMILES string of the molecule is Cc1ccc(C(=O)NCCCc2nc3ccccc3s2)cn1. The molecule has 1 aromatic carbocycles. The number of amides is 1. The standard InChI is InChI=1S/C17H17N3OS/c1-12-8-9-13(11-19-12)17(21)18-10-4-7-16-20-14-5-2-3-6-15(14)22-16/h2-3,5-6,8-9,11H,4,7,10H2,1H3,(H,18,21). The first-order valence-electron chi connectivity index (χ1n) is 7.28. The van der Waals surface area contributed by atoms with Crippen LogP contribution in [0.2, 0.25) is 0 Å². The van der Waals surface area contributed by atoms with Gasteiger partial charge in [0.05, 0.1) is 20.8 Å². The van der Waals surface area contributed by atoms with Crippen molar-refractivity contribution < 1.29 is 4.79 Å². The molecule has 112 valence electrons. The van der Waals surface area contributed by atoms with Crippen molar-refractivity contribution in [2.45, 2.75) is 19.8 Å². The lowest BCUT2D eigenvalue weighted by Crippen LogP contribution is -2.24. The highest BCUT2D eigenvalue weighted by molar-refractivity contribution is 7.18. The van der Waals surface area contributed by atoms with E-state index in [1.54, 1.807) is 23.6 Å². The summed E-state index contributed by atoms with van der Waals surface area (Å²) in [6.45, 7) is 2.54. The Labute approximate surface area is 133 Å². The Morgan fingerprint density at radius 3 is 2.86 bits per heavy atom. The molecule has 0 radical (unpaired) electrons. The summed E-state index contributed by atoms with van der Waals surface area (Å²) < 4.78 is 1.22. The summed E-state index contributed by atoms with van der Waals surface area (Å²) in [6, 6.07) is 11.8. The van der Waals surface area contributed by atoms with Gasteiger partial charge < -0.3 is 5.32 Å². The maximum Gasteiger partial charge on any atom is 0.252 e. The Bertz CT molecular complexity index is 747. The van der Waals surface area contributed by atoms with E-state index in [0.717, 1.165) is 29.1 Å². The molecule has 22 heavy (non-hydrogen) atoms. The summed E-state index contributed by atoms with van der Waals surface area (Å²) in [5, 5.41) is 4.04. The van der Waals surface area contributed by atoms with Gasteiger partial charge >= 0.3 is 0 Å². The number of thiazole rings is 1. The summed E-state index contributed by atoms with van der Waals surface area (Å²) in [4.78, 5) is 20.7. The van der Waals surface area contributed by atoms with Crippen molar-refractivity contribution in [1.82, 2.24) is 15.3 Å². The number of nitrogens with one attached hydrogen (secondary N) is 1. The zero-order chi connectivity index (χ0) is 15.4. The number of hydrogen-bond donors (Lipinski definition) is 1. The molecule has 1 N–H and O–H groups in total. The van der Waals surface area contributed by atoms with E-state index < -0.39 is 0 Å². The lowest BCUT2D eigenvalue weighted by atomic mass is 10.2. The first-order chi connectivity index (χ1) is 10.7. The summed E-state index contributed by atoms with van der Waals surface area (Å²) >= 11 is 1.72. The number of pyridine rings is 1. The monoisotopic (exact) mass is 311 g/mol. The van der Waals surface area contributed by atoms with Gasteiger partial charge in [-0.1, -0.05) is 12.1 Å². The highest BCUT2D eigenvalue weighted by Crippen LogP contribution is 2.22. The van der Waals surface area contributed by atoms with E-state index in [1.807, 2.05) is 31.2 Å². The molecule has 0 saturated heterocycles. The maximum atomic E-state index is 11.9. The van der Waals surface area contributed by atoms with Gasteiger partial charge in [-0.2, -0.15) is 0 Å². The number of aryl methyl sites for hydroxylation is 2. The van der Waals surface area contributed by atoms with Gasteiger partial charge in [0, 0.05) is 24.9 Å². The van der Waals surface area contributed by atoms with E-state index in [9.17, 15) is 4.79 Å². The molecular weight excluding hydrogens is 294 g/mol. The third-order valence-corrected chi connectivity index (χ3v) is 4.46. The van der Waals surface area contributed by atoms with Crippen LogP contribution in [-0.4, -0.2) is 22.4 Å². The number of hydrogen-bond acceptors (Lipinski definition) is 4. The topological polar surface area (TPSA) is 54.9 Å². The van der Waals surface area contributed by atoms with Crippen LogP contribution < -0.4 is 5.32 Å². The van der Waals surface area contributed by atoms with Crippen molar-refractivity contribution in [3.63, 3.8) is 0 Å². The molecule has 3 aromatic rings. The van der Waals surface area contributed by atoms with E-state index in [2.05, 4.69) is 21.4 Å². The van der Waals surface area contributed by atoms with Gasteiger partial charge in [0.25, 0.3) is 5.91 Å². The molecule has 0 spiro atoms. The molecule has 0 aliphatic rings. The smallest absolute Gasteiger partial charge is 0.252 e. The quantitative estimate of drug-likeness (QED) is 0.735. The van der Waals surface area contributed by atoms with E-state index >= 15 is 0 Å². The number of aromatic nitrogens is 2. The van der Waals surface area contributed by atoms with Crippen LogP contribution in [0.25, 0.3) is 10.2 Å². The van der Waals surface area contributed by atoms with Crippen LogP contribution in [0.15, 0.2) is 42.6 Å². The Morgan fingerprint density at radius 1 is 1.23 bits per heavy atom. The van der Waals surface area contributed by atoms with Crippen molar-refractivity contribution in [2.24, 2.45) is 0 Å². The van der Waals surface area contributed by atoms with Crippen LogP contribution in [-0.2, 0) is 6.42 Å². The average Bonchev–Trinajstić information content (AvgIpc) is 2.95. The average molecular weight is 311 g/mol. The minimum atomic E-state index is -0.0724. The van der Waals surface area contributed by atoms with Gasteiger partial charge in [-0.15, -0.1) is 11.3 Å². The van der Waals surface area contributed by atoms with Crippen LogP contribution in [0.5, 0.6) is 0 Å². The lowest BCUT2D eigenvalue weighted by Gasteiger charge is -2.04. The van der Waals surface area contributed by atoms with E-state index in [0.29, 0.717) is 12.1 Å². The van der Waals surface area contributed by atoms with E-state index in [-0.39, 0.29) is 5.91 Å². The van der Waals surface area contributed by atoms with Crippen molar-refractivity contribution in [3.8, 4) is 0 Å². The highest BCUT2D eigenvalue weighted by Gasteiger charge is 2.06. The molecule has 2 heterocycles. The Hall–Kier alpha value is -2.27. The molecular formula is C17H17N3OS. The van der Waals surface area contributed by atoms with Crippen molar-refractivity contribution >= 4 is 27.5 Å². The molecule has 0 fully saturated rings. The summed E-state index contributed by atoms with van der Waals surface area (Å²) in [5.41, 5.74) is 2.57. The van der Waals surface area contributed by atoms with Gasteiger partial charge in [-0.05, 0) is 37.6 Å². The molecule has 0 saturated carbocycles. The number of fused-ring (bicyclic) bond motifs is 1.